The molecule has 0 saturated heterocycles. The average molecular weight is 1680 g/mol. The molecular weight excluding hydrogens is 1480 g/mol. The van der Waals surface area contributed by atoms with Crippen LogP contribution in [0.1, 0.15) is 536 Å². The highest BCUT2D eigenvalue weighted by molar-refractivity contribution is 5.93. The van der Waals surface area contributed by atoms with Gasteiger partial charge in [-0.2, -0.15) is 0 Å². The van der Waals surface area contributed by atoms with Crippen LogP contribution in [0.15, 0.2) is 122 Å². The molecule has 1 aliphatic rings. The van der Waals surface area contributed by atoms with E-state index >= 15 is 0 Å². The SMILES string of the molecule is CC/C=C\C/C=C\C=C\CCCCCCCCC(=O)CC(CC(=O)CCCCCCCC1C(CCCCCCCCC(=O)CC(CC(=O)CCCCCCC/C=C\CCCCCCCC)C(=O)CCCCCCC/C=C\C/C=C\CCCCC)C=CC(CC/C=C\CC)C1CCCCCCCC)C(=O)CCCCCCC/C=C\C/C=C\CCCCC. The van der Waals surface area contributed by atoms with Gasteiger partial charge in [0.2, 0.25) is 0 Å². The summed E-state index contributed by atoms with van der Waals surface area (Å²) in [6.45, 7) is 13.5. The summed E-state index contributed by atoms with van der Waals surface area (Å²) >= 11 is 0. The molecule has 0 bridgehead atoms. The molecule has 0 amide bonds. The molecule has 0 aromatic rings. The van der Waals surface area contributed by atoms with Crippen LogP contribution in [0.4, 0.5) is 0 Å². The number of Topliss-reactive ketones (excluding diaryl/α,β-unsaturated/α-hetero) is 6. The van der Waals surface area contributed by atoms with Gasteiger partial charge in [0.15, 0.2) is 0 Å². The lowest BCUT2D eigenvalue weighted by Crippen LogP contribution is -2.32. The Morgan fingerprint density at radius 3 is 0.793 bits per heavy atom. The molecule has 6 heteroatoms. The number of hydrogen-bond acceptors (Lipinski definition) is 6. The molecule has 694 valence electrons. The van der Waals surface area contributed by atoms with E-state index in [1.807, 2.05) is 0 Å². The second kappa shape index (κ2) is 91.6. The Kier molecular flexibility index (Phi) is 86.7. The van der Waals surface area contributed by atoms with E-state index in [1.54, 1.807) is 0 Å². The summed E-state index contributed by atoms with van der Waals surface area (Å²) in [7, 11) is 0. The molecule has 6 atom stereocenters. The second-order valence-corrected chi connectivity index (χ2v) is 37.2. The molecule has 6 unspecified atom stereocenters. The van der Waals surface area contributed by atoms with Crippen LogP contribution in [0.25, 0.3) is 0 Å². The van der Waals surface area contributed by atoms with E-state index < -0.39 is 11.8 Å². The molecule has 0 aliphatic heterocycles. The van der Waals surface area contributed by atoms with Gasteiger partial charge in [0.05, 0.1) is 0 Å². The van der Waals surface area contributed by atoms with E-state index in [4.69, 9.17) is 0 Å². The average Bonchev–Trinajstić information content (AvgIpc) is 0.815. The summed E-state index contributed by atoms with van der Waals surface area (Å²) in [4.78, 5) is 82.6. The molecule has 0 aromatic heterocycles. The molecule has 0 radical (unpaired) electrons. The maximum atomic E-state index is 14.0. The normalized spacial score (nSPS) is 15.9. The Labute approximate surface area is 751 Å². The summed E-state index contributed by atoms with van der Waals surface area (Å²) < 4.78 is 0. The van der Waals surface area contributed by atoms with Gasteiger partial charge in [-0.15, -0.1) is 0 Å². The van der Waals surface area contributed by atoms with Crippen LogP contribution in [-0.2, 0) is 28.8 Å². The quantitative estimate of drug-likeness (QED) is 0.0341. The van der Waals surface area contributed by atoms with Crippen molar-refractivity contribution in [3.05, 3.63) is 122 Å². The number of hydrogen-bond donors (Lipinski definition) is 0. The second-order valence-electron chi connectivity index (χ2n) is 37.2. The molecule has 121 heavy (non-hydrogen) atoms. The van der Waals surface area contributed by atoms with Gasteiger partial charge in [0, 0.05) is 76.0 Å². The smallest absolute Gasteiger partial charge is 0.136 e. The number of rotatable bonds is 94. The van der Waals surface area contributed by atoms with Crippen LogP contribution in [-0.4, -0.2) is 34.7 Å². The van der Waals surface area contributed by atoms with Gasteiger partial charge in [-0.1, -0.05) is 401 Å². The number of carbonyl (C=O) groups excluding carboxylic acids is 6. The van der Waals surface area contributed by atoms with Crippen molar-refractivity contribution < 1.29 is 28.8 Å². The molecule has 1 aliphatic carbocycles. The van der Waals surface area contributed by atoms with Crippen molar-refractivity contribution in [3.63, 3.8) is 0 Å². The van der Waals surface area contributed by atoms with Gasteiger partial charge in [-0.25, -0.2) is 0 Å². The zero-order chi connectivity index (χ0) is 87.5. The highest BCUT2D eigenvalue weighted by Gasteiger charge is 2.35. The van der Waals surface area contributed by atoms with E-state index in [-0.39, 0.29) is 60.4 Å². The van der Waals surface area contributed by atoms with E-state index in [0.29, 0.717) is 56.3 Å². The van der Waals surface area contributed by atoms with Crippen LogP contribution < -0.4 is 0 Å². The molecule has 0 saturated carbocycles. The van der Waals surface area contributed by atoms with Gasteiger partial charge in [-0.05, 0) is 216 Å². The molecule has 1 rings (SSSR count). The first-order valence-electron chi connectivity index (χ1n) is 53.2. The predicted molar refractivity (Wildman–Crippen MR) is 532 cm³/mol. The van der Waals surface area contributed by atoms with Crippen molar-refractivity contribution in [1.29, 1.82) is 0 Å². The minimum absolute atomic E-state index is 0.134. The Balaban J connectivity index is 2.95. The maximum absolute atomic E-state index is 14.0. The fourth-order valence-corrected chi connectivity index (χ4v) is 18.2. The summed E-state index contributed by atoms with van der Waals surface area (Å²) in [5, 5.41) is 0. The zero-order valence-electron chi connectivity index (χ0n) is 80.9. The largest absolute Gasteiger partial charge is 0.300 e. The summed E-state index contributed by atoms with van der Waals surface area (Å²) in [6.07, 6.45) is 129. The van der Waals surface area contributed by atoms with Crippen LogP contribution in [0.5, 0.6) is 0 Å². The fraction of sp³-hybridized carbons (Fsp3) is 0.774. The summed E-state index contributed by atoms with van der Waals surface area (Å²) in [5.74, 6) is 2.66. The minimum atomic E-state index is -0.473. The summed E-state index contributed by atoms with van der Waals surface area (Å²) in [6, 6.07) is 0. The molecule has 0 heterocycles. The number of allylic oxidation sites excluding steroid dienone is 20. The van der Waals surface area contributed by atoms with Gasteiger partial charge >= 0.3 is 0 Å². The fourth-order valence-electron chi connectivity index (χ4n) is 18.2. The third-order valence-electron chi connectivity index (χ3n) is 25.9. The first-order chi connectivity index (χ1) is 59.5. The van der Waals surface area contributed by atoms with E-state index in [2.05, 4.69) is 163 Å². The van der Waals surface area contributed by atoms with Crippen molar-refractivity contribution in [1.82, 2.24) is 0 Å². The zero-order valence-corrected chi connectivity index (χ0v) is 80.9. The topological polar surface area (TPSA) is 102 Å². The first-order valence-corrected chi connectivity index (χ1v) is 53.2. The van der Waals surface area contributed by atoms with Gasteiger partial charge in [0.1, 0.15) is 34.7 Å². The molecule has 0 aromatic carbocycles. The predicted octanol–water partition coefficient (Wildman–Crippen LogP) is 36.8. The van der Waals surface area contributed by atoms with Crippen LogP contribution >= 0.6 is 0 Å². The minimum Gasteiger partial charge on any atom is -0.300 e. The molecule has 6 nitrogen and oxygen atoms in total. The lowest BCUT2D eigenvalue weighted by atomic mass is 9.64. The van der Waals surface area contributed by atoms with Gasteiger partial charge in [0.25, 0.3) is 0 Å². The van der Waals surface area contributed by atoms with Gasteiger partial charge < -0.3 is 0 Å². The van der Waals surface area contributed by atoms with Crippen molar-refractivity contribution >= 4 is 34.7 Å². The number of carbonyl (C=O) groups is 6. The van der Waals surface area contributed by atoms with E-state index in [1.165, 1.54) is 250 Å². The molecule has 0 N–H and O–H groups in total. The standard InChI is InChI=1S/C115H198O6/c1-7-13-19-25-30-34-38-42-46-50-54-58-62-70-80-90-108(116)100-106(114(120)96-86-76-64-60-56-52-48-44-40-36-32-27-21-15-9-3)102-110(118)92-82-72-67-66-69-79-89-105-99-98-104(88-78-24-18-12-6)112(94-84-74-29-23-17-11-5)113(105)95-85-75-68-73-83-93-111(119)103-107(115(121)97-87-77-65-61-57-53-49-45-41-37-33-28-22-16-10-4)101-109(117)91-81-71-63-59-55-51-47-43-39-35-31-26-20-14-8-2/h14,18,20,24,31-33,35-37,39,42-46,48-49,98-99,104-107,112-113H,7-13,15-17,19,21-23,25-30,34,38,40-41,47,50-97,100-103H2,1-6H3/b20-14-,24-18-,35-31-,36-32-,37-33-,43-39+,46-42-,48-44-,49-45-. The Hall–Kier alpha value is -4.58. The highest BCUT2D eigenvalue weighted by Crippen LogP contribution is 2.45. The van der Waals surface area contributed by atoms with Crippen LogP contribution in [0.3, 0.4) is 0 Å². The van der Waals surface area contributed by atoms with Crippen molar-refractivity contribution in [2.45, 2.75) is 536 Å². The third kappa shape index (κ3) is 76.4. The Bertz CT molecular complexity index is 2690. The monoisotopic (exact) mass is 1680 g/mol. The van der Waals surface area contributed by atoms with Crippen LogP contribution in [0.2, 0.25) is 0 Å². The first kappa shape index (κ1) is 114. The molecule has 0 spiro atoms. The van der Waals surface area contributed by atoms with Crippen molar-refractivity contribution in [3.8, 4) is 0 Å². The van der Waals surface area contributed by atoms with Gasteiger partial charge in [-0.3, -0.25) is 28.8 Å². The Morgan fingerprint density at radius 2 is 0.446 bits per heavy atom. The van der Waals surface area contributed by atoms with Crippen molar-refractivity contribution in [2.24, 2.45) is 35.5 Å². The van der Waals surface area contributed by atoms with E-state index in [9.17, 15) is 28.8 Å². The van der Waals surface area contributed by atoms with Crippen LogP contribution in [0, 0.1) is 35.5 Å². The van der Waals surface area contributed by atoms with E-state index in [0.717, 1.165) is 186 Å². The third-order valence-corrected chi connectivity index (χ3v) is 25.9. The lowest BCUT2D eigenvalue weighted by Gasteiger charge is -2.41. The number of ketones is 6. The highest BCUT2D eigenvalue weighted by atomic mass is 16.2. The number of unbranched alkanes of at least 4 members (excludes halogenated alkanes) is 47. The summed E-state index contributed by atoms with van der Waals surface area (Å²) in [5.41, 5.74) is 0. The Morgan fingerprint density at radius 1 is 0.215 bits per heavy atom. The molecule has 0 fully saturated rings. The van der Waals surface area contributed by atoms with Crippen molar-refractivity contribution in [2.75, 3.05) is 0 Å². The lowest BCUT2D eigenvalue weighted by molar-refractivity contribution is -0.131. The maximum Gasteiger partial charge on any atom is 0.136 e. The molecular formula is C115H198O6.